The lowest BCUT2D eigenvalue weighted by Crippen LogP contribution is -2.49. The van der Waals surface area contributed by atoms with Crippen LogP contribution in [0.5, 0.6) is 5.75 Å². The predicted molar refractivity (Wildman–Crippen MR) is 166 cm³/mol. The second kappa shape index (κ2) is 12.4. The molecule has 0 aliphatic carbocycles. The van der Waals surface area contributed by atoms with Crippen molar-refractivity contribution in [3.05, 3.63) is 108 Å². The fourth-order valence-corrected chi connectivity index (χ4v) is 5.37. The molecule has 6 rings (SSSR count). The number of carbonyl (C=O) groups is 1. The van der Waals surface area contributed by atoms with Crippen molar-refractivity contribution >= 4 is 22.8 Å². The summed E-state index contributed by atoms with van der Waals surface area (Å²) in [6, 6.07) is 27.9. The predicted octanol–water partition coefficient (Wildman–Crippen LogP) is 5.86. The number of amides is 1. The Morgan fingerprint density at radius 2 is 1.55 bits per heavy atom. The van der Waals surface area contributed by atoms with Gasteiger partial charge >= 0.3 is 0 Å². The number of fused-ring (bicyclic) bond motifs is 1. The third-order valence-electron chi connectivity index (χ3n) is 7.67. The molecule has 3 aromatic carbocycles. The molecule has 1 amide bonds. The quantitative estimate of drug-likeness (QED) is 0.210. The van der Waals surface area contributed by atoms with E-state index in [2.05, 4.69) is 24.0 Å². The van der Waals surface area contributed by atoms with Gasteiger partial charge in [0.25, 0.3) is 5.91 Å². The Labute approximate surface area is 246 Å². The van der Waals surface area contributed by atoms with Crippen LogP contribution in [0.3, 0.4) is 0 Å². The molecule has 3 heterocycles. The van der Waals surface area contributed by atoms with E-state index in [1.54, 1.807) is 0 Å². The third kappa shape index (κ3) is 5.84. The second-order valence-electron chi connectivity index (χ2n) is 10.7. The van der Waals surface area contributed by atoms with Gasteiger partial charge < -0.3 is 14.5 Å². The zero-order valence-corrected chi connectivity index (χ0v) is 24.2. The average molecular weight is 561 g/mol. The highest BCUT2D eigenvalue weighted by atomic mass is 16.5. The van der Waals surface area contributed by atoms with Crippen LogP contribution in [-0.2, 0) is 6.42 Å². The number of aromatic nitrogens is 4. The van der Waals surface area contributed by atoms with Crippen LogP contribution in [0.15, 0.2) is 84.9 Å². The third-order valence-corrected chi connectivity index (χ3v) is 7.67. The number of anilines is 1. The van der Waals surface area contributed by atoms with Crippen molar-refractivity contribution in [3.8, 4) is 11.4 Å². The number of hydrogen-bond acceptors (Lipinski definition) is 6. The Morgan fingerprint density at radius 3 is 2.24 bits per heavy atom. The smallest absolute Gasteiger partial charge is 0.253 e. The van der Waals surface area contributed by atoms with Crippen molar-refractivity contribution < 1.29 is 9.53 Å². The highest BCUT2D eigenvalue weighted by Crippen LogP contribution is 2.30. The van der Waals surface area contributed by atoms with Gasteiger partial charge in [-0.1, -0.05) is 61.9 Å². The molecule has 214 valence electrons. The molecule has 1 saturated heterocycles. The summed E-state index contributed by atoms with van der Waals surface area (Å²) >= 11 is 0. The second-order valence-corrected chi connectivity index (χ2v) is 10.7. The standard InChI is InChI=1S/C34H36N6O2/c1-3-4-23-42-29-17-15-27(16-18-29)34(41)39-21-19-38(20-22-39)32-31-25(2)37-40(28-13-9-6-10-14-28)33(31)36-30(35-32)24-26-11-7-5-8-12-26/h5-18H,3-4,19-24H2,1-2H3. The first-order valence-electron chi connectivity index (χ1n) is 14.7. The minimum atomic E-state index is 0.0421. The maximum atomic E-state index is 13.3. The summed E-state index contributed by atoms with van der Waals surface area (Å²) in [7, 11) is 0. The SMILES string of the molecule is CCCCOc1ccc(C(=O)N2CCN(c3nc(Cc4ccccc4)nc4c3c(C)nn4-c3ccccc3)CC2)cc1. The van der Waals surface area contributed by atoms with Crippen LogP contribution < -0.4 is 9.64 Å². The molecule has 0 spiro atoms. The summed E-state index contributed by atoms with van der Waals surface area (Å²) < 4.78 is 7.68. The molecule has 0 radical (unpaired) electrons. The molecule has 42 heavy (non-hydrogen) atoms. The van der Waals surface area contributed by atoms with E-state index < -0.39 is 0 Å². The molecule has 2 aromatic heterocycles. The van der Waals surface area contributed by atoms with Gasteiger partial charge in [0.2, 0.25) is 0 Å². The first-order chi connectivity index (χ1) is 20.6. The van der Waals surface area contributed by atoms with Crippen LogP contribution in [0.25, 0.3) is 16.7 Å². The lowest BCUT2D eigenvalue weighted by molar-refractivity contribution is 0.0746. The van der Waals surface area contributed by atoms with E-state index in [0.717, 1.165) is 58.2 Å². The van der Waals surface area contributed by atoms with Gasteiger partial charge in [-0.25, -0.2) is 14.6 Å². The molecule has 0 bridgehead atoms. The van der Waals surface area contributed by atoms with Gasteiger partial charge in [-0.3, -0.25) is 4.79 Å². The Kier molecular flexibility index (Phi) is 8.12. The van der Waals surface area contributed by atoms with Crippen LogP contribution in [0.2, 0.25) is 0 Å². The number of para-hydroxylation sites is 1. The lowest BCUT2D eigenvalue weighted by atomic mass is 10.1. The topological polar surface area (TPSA) is 76.4 Å². The number of benzene rings is 3. The summed E-state index contributed by atoms with van der Waals surface area (Å²) in [5, 5.41) is 5.84. The number of nitrogens with zero attached hydrogens (tertiary/aromatic N) is 6. The van der Waals surface area contributed by atoms with E-state index in [9.17, 15) is 4.79 Å². The lowest BCUT2D eigenvalue weighted by Gasteiger charge is -2.36. The van der Waals surface area contributed by atoms with Crippen LogP contribution in [0, 0.1) is 6.92 Å². The largest absolute Gasteiger partial charge is 0.494 e. The number of aryl methyl sites for hydroxylation is 1. The summed E-state index contributed by atoms with van der Waals surface area (Å²) in [6.07, 6.45) is 2.73. The van der Waals surface area contributed by atoms with Crippen LogP contribution in [-0.4, -0.2) is 63.3 Å². The monoisotopic (exact) mass is 560 g/mol. The average Bonchev–Trinajstić information content (AvgIpc) is 3.38. The molecule has 0 atom stereocenters. The number of rotatable bonds is 9. The molecular weight excluding hydrogens is 524 g/mol. The van der Waals surface area contributed by atoms with Crippen molar-refractivity contribution in [1.82, 2.24) is 24.6 Å². The first kappa shape index (κ1) is 27.4. The van der Waals surface area contributed by atoms with Crippen molar-refractivity contribution in [3.63, 3.8) is 0 Å². The van der Waals surface area contributed by atoms with Crippen LogP contribution in [0.4, 0.5) is 5.82 Å². The van der Waals surface area contributed by atoms with Crippen molar-refractivity contribution in [2.75, 3.05) is 37.7 Å². The molecule has 0 N–H and O–H groups in total. The number of carbonyl (C=O) groups excluding carboxylic acids is 1. The maximum absolute atomic E-state index is 13.3. The number of hydrogen-bond donors (Lipinski definition) is 0. The highest BCUT2D eigenvalue weighted by Gasteiger charge is 2.27. The zero-order chi connectivity index (χ0) is 28.9. The summed E-state index contributed by atoms with van der Waals surface area (Å²) in [4.78, 5) is 27.6. The van der Waals surface area contributed by atoms with E-state index in [4.69, 9.17) is 19.8 Å². The van der Waals surface area contributed by atoms with Gasteiger partial charge in [0.1, 0.15) is 17.4 Å². The van der Waals surface area contributed by atoms with Crippen molar-refractivity contribution in [1.29, 1.82) is 0 Å². The molecule has 1 aliphatic rings. The molecule has 8 nitrogen and oxygen atoms in total. The molecular formula is C34H36N6O2. The zero-order valence-electron chi connectivity index (χ0n) is 24.2. The van der Waals surface area contributed by atoms with Gasteiger partial charge in [0.05, 0.1) is 23.4 Å². The highest BCUT2D eigenvalue weighted by molar-refractivity contribution is 5.95. The molecule has 5 aromatic rings. The van der Waals surface area contributed by atoms with Crippen LogP contribution >= 0.6 is 0 Å². The van der Waals surface area contributed by atoms with E-state index in [0.29, 0.717) is 44.8 Å². The molecule has 1 fully saturated rings. The summed E-state index contributed by atoms with van der Waals surface area (Å²) in [5.74, 6) is 2.47. The summed E-state index contributed by atoms with van der Waals surface area (Å²) in [5.41, 5.74) is 4.48. The van der Waals surface area contributed by atoms with Gasteiger partial charge in [-0.2, -0.15) is 5.10 Å². The van der Waals surface area contributed by atoms with E-state index in [1.807, 2.05) is 89.3 Å². The molecule has 0 unspecified atom stereocenters. The molecule has 1 aliphatic heterocycles. The van der Waals surface area contributed by atoms with E-state index >= 15 is 0 Å². The van der Waals surface area contributed by atoms with E-state index in [-0.39, 0.29) is 5.91 Å². The molecule has 8 heteroatoms. The van der Waals surface area contributed by atoms with Gasteiger partial charge in [-0.05, 0) is 55.3 Å². The minimum absolute atomic E-state index is 0.0421. The Hall–Kier alpha value is -4.72. The first-order valence-corrected chi connectivity index (χ1v) is 14.7. The molecule has 0 saturated carbocycles. The minimum Gasteiger partial charge on any atom is -0.494 e. The van der Waals surface area contributed by atoms with Gasteiger partial charge in [0, 0.05) is 38.2 Å². The van der Waals surface area contributed by atoms with Crippen molar-refractivity contribution in [2.24, 2.45) is 0 Å². The fraction of sp³-hybridized carbons (Fsp3) is 0.294. The number of unbranched alkanes of at least 4 members (excludes halogenated alkanes) is 1. The van der Waals surface area contributed by atoms with E-state index in [1.165, 1.54) is 0 Å². The van der Waals surface area contributed by atoms with Gasteiger partial charge in [0.15, 0.2) is 5.65 Å². The number of piperazine rings is 1. The summed E-state index contributed by atoms with van der Waals surface area (Å²) in [6.45, 7) is 7.42. The Morgan fingerprint density at radius 1 is 0.857 bits per heavy atom. The normalized spacial score (nSPS) is 13.5. The Balaban J connectivity index is 1.25. The van der Waals surface area contributed by atoms with Crippen molar-refractivity contribution in [2.45, 2.75) is 33.1 Å². The van der Waals surface area contributed by atoms with Crippen LogP contribution in [0.1, 0.15) is 47.2 Å². The van der Waals surface area contributed by atoms with Gasteiger partial charge in [-0.15, -0.1) is 0 Å². The maximum Gasteiger partial charge on any atom is 0.253 e. The Bertz CT molecular complexity index is 1640. The number of ether oxygens (including phenoxy) is 1. The fourth-order valence-electron chi connectivity index (χ4n) is 5.37.